The minimum absolute atomic E-state index is 0.244. The molecule has 0 aliphatic rings. The maximum atomic E-state index is 12.8. The summed E-state index contributed by atoms with van der Waals surface area (Å²) in [6.45, 7) is 0. The van der Waals surface area contributed by atoms with Crippen molar-refractivity contribution in [2.24, 2.45) is 7.05 Å². The van der Waals surface area contributed by atoms with Crippen LogP contribution >= 0.6 is 15.9 Å². The Hall–Kier alpha value is -0.900. The number of rotatable bonds is 1. The van der Waals surface area contributed by atoms with Gasteiger partial charge in [-0.3, -0.25) is 4.68 Å². The molecule has 0 unspecified atom stereocenters. The number of nitrogens with zero attached hydrogens (tertiary/aromatic N) is 2. The molecule has 0 aliphatic carbocycles. The molecule has 68 valence electrons. The average Bonchev–Trinajstić information content (AvgIpc) is 2.39. The molecule has 0 saturated heterocycles. The van der Waals surface area contributed by atoms with E-state index in [1.807, 2.05) is 7.05 Å². The van der Waals surface area contributed by atoms with Crippen molar-refractivity contribution in [3.63, 3.8) is 0 Å². The lowest BCUT2D eigenvalue weighted by Crippen LogP contribution is -1.94. The third-order valence-electron chi connectivity index (χ3n) is 2.05. The molecule has 0 spiro atoms. The zero-order chi connectivity index (χ0) is 9.42. The van der Waals surface area contributed by atoms with Crippen molar-refractivity contribution < 1.29 is 4.39 Å². The lowest BCUT2D eigenvalue weighted by atomic mass is 10.2. The monoisotopic (exact) mass is 242 g/mol. The largest absolute Gasteiger partial charge is 0.271 e. The molecule has 0 radical (unpaired) electrons. The molecular weight excluding hydrogens is 235 g/mol. The fourth-order valence-electron chi connectivity index (χ4n) is 1.39. The van der Waals surface area contributed by atoms with Crippen molar-refractivity contribution >= 4 is 26.8 Å². The van der Waals surface area contributed by atoms with Crippen LogP contribution in [0.25, 0.3) is 10.9 Å². The molecule has 1 aromatic heterocycles. The number of hydrogen-bond donors (Lipinski definition) is 0. The number of alkyl halides is 1. The van der Waals surface area contributed by atoms with Gasteiger partial charge in [-0.05, 0) is 12.1 Å². The molecule has 1 heterocycles. The minimum atomic E-state index is -0.244. The lowest BCUT2D eigenvalue weighted by molar-refractivity contribution is 0.629. The van der Waals surface area contributed by atoms with Crippen LogP contribution in [0.4, 0.5) is 4.39 Å². The van der Waals surface area contributed by atoms with E-state index in [-0.39, 0.29) is 5.82 Å². The van der Waals surface area contributed by atoms with Crippen molar-refractivity contribution in [1.29, 1.82) is 0 Å². The summed E-state index contributed by atoms with van der Waals surface area (Å²) >= 11 is 3.37. The van der Waals surface area contributed by atoms with Gasteiger partial charge >= 0.3 is 0 Å². The summed E-state index contributed by atoms with van der Waals surface area (Å²) in [6, 6.07) is 4.66. The first-order valence-electron chi connectivity index (χ1n) is 3.89. The van der Waals surface area contributed by atoms with E-state index in [0.717, 1.165) is 16.4 Å². The molecule has 2 aromatic rings. The molecule has 2 rings (SSSR count). The summed E-state index contributed by atoms with van der Waals surface area (Å²) < 4.78 is 14.6. The van der Waals surface area contributed by atoms with Gasteiger partial charge in [-0.1, -0.05) is 15.9 Å². The Bertz CT molecular complexity index is 450. The summed E-state index contributed by atoms with van der Waals surface area (Å²) in [5.74, 6) is -0.244. The highest BCUT2D eigenvalue weighted by molar-refractivity contribution is 9.08. The topological polar surface area (TPSA) is 17.8 Å². The van der Waals surface area contributed by atoms with E-state index in [1.165, 1.54) is 12.1 Å². The number of halogens is 2. The molecular formula is C9H8BrFN2. The van der Waals surface area contributed by atoms with Gasteiger partial charge in [0.1, 0.15) is 5.82 Å². The summed E-state index contributed by atoms with van der Waals surface area (Å²) in [6.07, 6.45) is 0. The Morgan fingerprint density at radius 3 is 3.00 bits per heavy atom. The highest BCUT2D eigenvalue weighted by Gasteiger charge is 2.07. The van der Waals surface area contributed by atoms with Gasteiger partial charge in [0.25, 0.3) is 0 Å². The van der Waals surface area contributed by atoms with Crippen molar-refractivity contribution in [3.8, 4) is 0 Å². The van der Waals surface area contributed by atoms with Crippen LogP contribution in [0.2, 0.25) is 0 Å². The van der Waals surface area contributed by atoms with Gasteiger partial charge < -0.3 is 0 Å². The van der Waals surface area contributed by atoms with E-state index in [4.69, 9.17) is 0 Å². The molecule has 0 aliphatic heterocycles. The molecule has 0 fully saturated rings. The smallest absolute Gasteiger partial charge is 0.125 e. The average molecular weight is 243 g/mol. The molecule has 1 aromatic carbocycles. The van der Waals surface area contributed by atoms with Gasteiger partial charge in [0, 0.05) is 23.8 Å². The highest BCUT2D eigenvalue weighted by atomic mass is 79.9. The zero-order valence-corrected chi connectivity index (χ0v) is 8.68. The molecule has 13 heavy (non-hydrogen) atoms. The summed E-state index contributed by atoms with van der Waals surface area (Å²) in [7, 11) is 1.86. The summed E-state index contributed by atoms with van der Waals surface area (Å²) in [5, 5.41) is 5.92. The first-order valence-corrected chi connectivity index (χ1v) is 5.01. The van der Waals surface area contributed by atoms with E-state index < -0.39 is 0 Å². The molecule has 0 N–H and O–H groups in total. The quantitative estimate of drug-likeness (QED) is 0.704. The van der Waals surface area contributed by atoms with Crippen LogP contribution in [-0.4, -0.2) is 9.78 Å². The van der Waals surface area contributed by atoms with Gasteiger partial charge in [0.2, 0.25) is 0 Å². The number of benzene rings is 1. The maximum Gasteiger partial charge on any atom is 0.125 e. The Labute approximate surface area is 83.5 Å². The summed E-state index contributed by atoms with van der Waals surface area (Å²) in [5.41, 5.74) is 1.77. The van der Waals surface area contributed by atoms with E-state index in [2.05, 4.69) is 21.0 Å². The van der Waals surface area contributed by atoms with Gasteiger partial charge in [-0.25, -0.2) is 4.39 Å². The van der Waals surface area contributed by atoms with E-state index in [9.17, 15) is 4.39 Å². The van der Waals surface area contributed by atoms with Crippen LogP contribution in [-0.2, 0) is 12.4 Å². The molecule has 4 heteroatoms. The first kappa shape index (κ1) is 8.69. The zero-order valence-electron chi connectivity index (χ0n) is 7.09. The van der Waals surface area contributed by atoms with Gasteiger partial charge in [0.05, 0.1) is 11.2 Å². The second-order valence-corrected chi connectivity index (χ2v) is 3.43. The van der Waals surface area contributed by atoms with E-state index in [1.54, 1.807) is 10.7 Å². The minimum Gasteiger partial charge on any atom is -0.271 e. The van der Waals surface area contributed by atoms with Gasteiger partial charge in [0.15, 0.2) is 0 Å². The first-order chi connectivity index (χ1) is 6.22. The van der Waals surface area contributed by atoms with Crippen molar-refractivity contribution in [2.45, 2.75) is 5.33 Å². The SMILES string of the molecule is Cn1nc2cc(F)ccc2c1CBr. The van der Waals surface area contributed by atoms with Crippen LogP contribution in [0, 0.1) is 5.82 Å². The Morgan fingerprint density at radius 1 is 1.54 bits per heavy atom. The second kappa shape index (κ2) is 3.10. The van der Waals surface area contributed by atoms with Gasteiger partial charge in [-0.15, -0.1) is 0 Å². The third kappa shape index (κ3) is 1.35. The van der Waals surface area contributed by atoms with Crippen LogP contribution in [0.3, 0.4) is 0 Å². The molecule has 0 bridgehead atoms. The summed E-state index contributed by atoms with van der Waals surface area (Å²) in [4.78, 5) is 0. The second-order valence-electron chi connectivity index (χ2n) is 2.87. The van der Waals surface area contributed by atoms with Crippen LogP contribution in [0.15, 0.2) is 18.2 Å². The normalized spacial score (nSPS) is 11.0. The fourth-order valence-corrected chi connectivity index (χ4v) is 2.05. The Balaban J connectivity index is 2.79. The third-order valence-corrected chi connectivity index (χ3v) is 2.58. The predicted octanol–water partition coefficient (Wildman–Crippen LogP) is 2.61. The maximum absolute atomic E-state index is 12.8. The Kier molecular flexibility index (Phi) is 2.07. The number of aromatic nitrogens is 2. The van der Waals surface area contributed by atoms with Crippen molar-refractivity contribution in [2.75, 3.05) is 0 Å². The van der Waals surface area contributed by atoms with E-state index in [0.29, 0.717) is 5.52 Å². The highest BCUT2D eigenvalue weighted by Crippen LogP contribution is 2.20. The van der Waals surface area contributed by atoms with Crippen molar-refractivity contribution in [1.82, 2.24) is 9.78 Å². The Morgan fingerprint density at radius 2 is 2.31 bits per heavy atom. The molecule has 2 nitrogen and oxygen atoms in total. The lowest BCUT2D eigenvalue weighted by Gasteiger charge is -1.94. The van der Waals surface area contributed by atoms with Gasteiger partial charge in [-0.2, -0.15) is 5.10 Å². The fraction of sp³-hybridized carbons (Fsp3) is 0.222. The van der Waals surface area contributed by atoms with Crippen molar-refractivity contribution in [3.05, 3.63) is 29.7 Å². The predicted molar refractivity (Wildman–Crippen MR) is 53.3 cm³/mol. The molecule has 0 saturated carbocycles. The van der Waals surface area contributed by atoms with Crippen LogP contribution in [0.5, 0.6) is 0 Å². The number of hydrogen-bond acceptors (Lipinski definition) is 1. The standard InChI is InChI=1S/C9H8BrFN2/c1-13-9(5-10)7-3-2-6(11)4-8(7)12-13/h2-4H,5H2,1H3. The van der Waals surface area contributed by atoms with Crippen LogP contribution in [0.1, 0.15) is 5.69 Å². The molecule has 0 atom stereocenters. The van der Waals surface area contributed by atoms with E-state index >= 15 is 0 Å². The molecule has 0 amide bonds. The number of fused-ring (bicyclic) bond motifs is 1. The van der Waals surface area contributed by atoms with Crippen LogP contribution < -0.4 is 0 Å². The number of aryl methyl sites for hydroxylation is 1.